The van der Waals surface area contributed by atoms with Gasteiger partial charge in [0, 0.05) is 5.69 Å². The molecule has 7 heteroatoms. The third-order valence-electron chi connectivity index (χ3n) is 2.25. The van der Waals surface area contributed by atoms with Crippen LogP contribution in [0.2, 0.25) is 0 Å². The molecule has 1 N–H and O–H groups in total. The minimum atomic E-state index is -0.279. The molecule has 0 unspecified atom stereocenters. The van der Waals surface area contributed by atoms with Crippen LogP contribution in [0.4, 0.5) is 5.69 Å². The zero-order chi connectivity index (χ0) is 13.7. The number of carbonyl (C=O) groups excluding carboxylic acids is 1. The van der Waals surface area contributed by atoms with E-state index in [1.165, 1.54) is 23.1 Å². The van der Waals surface area contributed by atoms with Crippen LogP contribution in [0.15, 0.2) is 34.1 Å². The van der Waals surface area contributed by atoms with Crippen molar-refractivity contribution >= 4 is 34.7 Å². The number of carbonyl (C=O) groups is 1. The average molecular weight is 290 g/mol. The largest absolute Gasteiger partial charge is 0.325 e. The molecule has 0 saturated heterocycles. The quantitative estimate of drug-likeness (QED) is 0.875. The summed E-state index contributed by atoms with van der Waals surface area (Å²) in [5.41, 5.74) is 2.76. The summed E-state index contributed by atoms with van der Waals surface area (Å²) in [6.07, 6.45) is 0. The summed E-state index contributed by atoms with van der Waals surface area (Å²) in [7, 11) is 0. The molecule has 1 aromatic heterocycles. The molecule has 0 spiro atoms. The SMILES string of the molecule is C[C@H](Sc1nncs1)C(=O)Nc1cccc(C#N)c1. The van der Waals surface area contributed by atoms with Crippen molar-refractivity contribution in [1.82, 2.24) is 10.2 Å². The molecule has 1 aromatic carbocycles. The summed E-state index contributed by atoms with van der Waals surface area (Å²) >= 11 is 2.75. The number of hydrogen-bond donors (Lipinski definition) is 1. The van der Waals surface area contributed by atoms with Gasteiger partial charge in [0.05, 0.1) is 16.9 Å². The summed E-state index contributed by atoms with van der Waals surface area (Å²) < 4.78 is 0.758. The van der Waals surface area contributed by atoms with Gasteiger partial charge in [-0.05, 0) is 25.1 Å². The van der Waals surface area contributed by atoms with Gasteiger partial charge in [-0.15, -0.1) is 10.2 Å². The van der Waals surface area contributed by atoms with E-state index >= 15 is 0 Å². The zero-order valence-corrected chi connectivity index (χ0v) is 11.7. The van der Waals surface area contributed by atoms with Crippen LogP contribution in [0, 0.1) is 11.3 Å². The fraction of sp³-hybridized carbons (Fsp3) is 0.167. The number of thioether (sulfide) groups is 1. The Morgan fingerprint density at radius 3 is 3.11 bits per heavy atom. The van der Waals surface area contributed by atoms with Gasteiger partial charge in [0.25, 0.3) is 0 Å². The molecule has 0 saturated carbocycles. The van der Waals surface area contributed by atoms with Crippen LogP contribution in [0.5, 0.6) is 0 Å². The first-order valence-corrected chi connectivity index (χ1v) is 7.19. The standard InChI is InChI=1S/C12H10N4OS2/c1-8(19-12-16-14-7-18-12)11(17)15-10-4-2-3-9(5-10)6-13/h2-5,7-8H,1H3,(H,15,17)/t8-/m0/s1. The number of benzene rings is 1. The van der Waals surface area contributed by atoms with Crippen molar-refractivity contribution in [1.29, 1.82) is 5.26 Å². The van der Waals surface area contributed by atoms with Gasteiger partial charge in [-0.1, -0.05) is 29.2 Å². The average Bonchev–Trinajstić information content (AvgIpc) is 2.91. The van der Waals surface area contributed by atoms with Crippen LogP contribution in [0.25, 0.3) is 0 Å². The second-order valence-electron chi connectivity index (χ2n) is 3.65. The zero-order valence-electron chi connectivity index (χ0n) is 10.0. The molecular weight excluding hydrogens is 280 g/mol. The molecule has 0 fully saturated rings. The van der Waals surface area contributed by atoms with E-state index in [9.17, 15) is 4.79 Å². The maximum absolute atomic E-state index is 12.0. The Kier molecular flexibility index (Phi) is 4.49. The van der Waals surface area contributed by atoms with Gasteiger partial charge >= 0.3 is 0 Å². The number of nitrogens with zero attached hydrogens (tertiary/aromatic N) is 3. The summed E-state index contributed by atoms with van der Waals surface area (Å²) in [5.74, 6) is -0.129. The fourth-order valence-corrected chi connectivity index (χ4v) is 2.96. The number of rotatable bonds is 4. The Labute approximate surface area is 118 Å². The number of nitrogens with one attached hydrogen (secondary N) is 1. The van der Waals surface area contributed by atoms with E-state index in [2.05, 4.69) is 15.5 Å². The molecule has 96 valence electrons. The van der Waals surface area contributed by atoms with E-state index in [1.807, 2.05) is 6.07 Å². The van der Waals surface area contributed by atoms with Gasteiger partial charge in [0.2, 0.25) is 5.91 Å². The third kappa shape index (κ3) is 3.77. The van der Waals surface area contributed by atoms with Crippen LogP contribution >= 0.6 is 23.1 Å². The molecule has 0 aliphatic carbocycles. The first-order chi connectivity index (χ1) is 9.19. The highest BCUT2D eigenvalue weighted by Crippen LogP contribution is 2.25. The lowest BCUT2D eigenvalue weighted by atomic mass is 10.2. The van der Waals surface area contributed by atoms with Crippen LogP contribution < -0.4 is 5.32 Å². The highest BCUT2D eigenvalue weighted by atomic mass is 32.2. The fourth-order valence-electron chi connectivity index (χ4n) is 1.33. The second-order valence-corrected chi connectivity index (χ2v) is 6.07. The van der Waals surface area contributed by atoms with Crippen molar-refractivity contribution < 1.29 is 4.79 Å². The summed E-state index contributed by atoms with van der Waals surface area (Å²) in [6.45, 7) is 1.80. The van der Waals surface area contributed by atoms with Crippen LogP contribution in [-0.4, -0.2) is 21.4 Å². The van der Waals surface area contributed by atoms with E-state index in [4.69, 9.17) is 5.26 Å². The lowest BCUT2D eigenvalue weighted by molar-refractivity contribution is -0.115. The van der Waals surface area contributed by atoms with Gasteiger partial charge < -0.3 is 5.32 Å². The van der Waals surface area contributed by atoms with E-state index in [-0.39, 0.29) is 11.2 Å². The molecule has 2 rings (SSSR count). The molecule has 1 heterocycles. The lowest BCUT2D eigenvalue weighted by Gasteiger charge is -2.10. The first kappa shape index (κ1) is 13.5. The normalized spacial score (nSPS) is 11.6. The molecule has 0 bridgehead atoms. The van der Waals surface area contributed by atoms with E-state index < -0.39 is 0 Å². The molecule has 0 aliphatic rings. The number of hydrogen-bond acceptors (Lipinski definition) is 6. The molecule has 1 amide bonds. The second kappa shape index (κ2) is 6.31. The Hall–Kier alpha value is -1.91. The topological polar surface area (TPSA) is 78.7 Å². The molecule has 0 radical (unpaired) electrons. The van der Waals surface area contributed by atoms with Gasteiger partial charge in [0.1, 0.15) is 5.51 Å². The van der Waals surface area contributed by atoms with Gasteiger partial charge in [-0.2, -0.15) is 5.26 Å². The van der Waals surface area contributed by atoms with E-state index in [0.29, 0.717) is 11.3 Å². The maximum atomic E-state index is 12.0. The van der Waals surface area contributed by atoms with Gasteiger partial charge in [-0.3, -0.25) is 4.79 Å². The van der Waals surface area contributed by atoms with Crippen molar-refractivity contribution in [3.63, 3.8) is 0 Å². The van der Waals surface area contributed by atoms with Crippen LogP contribution in [0.3, 0.4) is 0 Å². The lowest BCUT2D eigenvalue weighted by Crippen LogP contribution is -2.22. The summed E-state index contributed by atoms with van der Waals surface area (Å²) in [4.78, 5) is 12.0. The summed E-state index contributed by atoms with van der Waals surface area (Å²) in [6, 6.07) is 8.85. The van der Waals surface area contributed by atoms with E-state index in [1.54, 1.807) is 36.7 Å². The summed E-state index contributed by atoms with van der Waals surface area (Å²) in [5, 5.41) is 18.9. The first-order valence-electron chi connectivity index (χ1n) is 5.43. The Balaban J connectivity index is 1.98. The van der Waals surface area contributed by atoms with Crippen LogP contribution in [-0.2, 0) is 4.79 Å². The Morgan fingerprint density at radius 2 is 2.42 bits per heavy atom. The maximum Gasteiger partial charge on any atom is 0.237 e. The van der Waals surface area contributed by atoms with Crippen molar-refractivity contribution in [3.05, 3.63) is 35.3 Å². The third-order valence-corrected chi connectivity index (χ3v) is 4.16. The Morgan fingerprint density at radius 1 is 1.58 bits per heavy atom. The van der Waals surface area contributed by atoms with Gasteiger partial charge in [-0.25, -0.2) is 0 Å². The monoisotopic (exact) mass is 290 g/mol. The molecule has 2 aromatic rings. The number of amides is 1. The Bertz CT molecular complexity index is 606. The molecule has 0 aliphatic heterocycles. The van der Waals surface area contributed by atoms with Crippen molar-refractivity contribution in [2.75, 3.05) is 5.32 Å². The smallest absolute Gasteiger partial charge is 0.237 e. The predicted molar refractivity (Wildman–Crippen MR) is 75.0 cm³/mol. The van der Waals surface area contributed by atoms with Crippen molar-refractivity contribution in [3.8, 4) is 6.07 Å². The van der Waals surface area contributed by atoms with Crippen LogP contribution in [0.1, 0.15) is 12.5 Å². The molecular formula is C12H10N4OS2. The molecule has 19 heavy (non-hydrogen) atoms. The molecule has 1 atom stereocenters. The highest BCUT2D eigenvalue weighted by Gasteiger charge is 2.16. The molecule has 5 nitrogen and oxygen atoms in total. The minimum absolute atomic E-state index is 0.129. The number of nitriles is 1. The highest BCUT2D eigenvalue weighted by molar-refractivity contribution is 8.02. The van der Waals surface area contributed by atoms with E-state index in [0.717, 1.165) is 4.34 Å². The minimum Gasteiger partial charge on any atom is -0.325 e. The van der Waals surface area contributed by atoms with Gasteiger partial charge in [0.15, 0.2) is 4.34 Å². The number of aromatic nitrogens is 2. The predicted octanol–water partition coefficient (Wildman–Crippen LogP) is 2.53. The number of anilines is 1. The van der Waals surface area contributed by atoms with Crippen molar-refractivity contribution in [2.24, 2.45) is 0 Å². The van der Waals surface area contributed by atoms with Crippen molar-refractivity contribution in [2.45, 2.75) is 16.5 Å².